The van der Waals surface area contributed by atoms with E-state index in [9.17, 15) is 4.79 Å². The molecule has 0 aliphatic carbocycles. The predicted octanol–water partition coefficient (Wildman–Crippen LogP) is 4.00. The molecule has 3 heteroatoms. The second kappa shape index (κ2) is 13.6. The van der Waals surface area contributed by atoms with Gasteiger partial charge in [0.2, 0.25) is 0 Å². The number of esters is 1. The summed E-state index contributed by atoms with van der Waals surface area (Å²) in [6.45, 7) is 3.79. The number of carbonyl (C=O) groups excluding carboxylic acids is 1. The molecule has 0 aromatic carbocycles. The molecule has 0 saturated carbocycles. The van der Waals surface area contributed by atoms with Crippen LogP contribution in [0.15, 0.2) is 12.2 Å². The van der Waals surface area contributed by atoms with E-state index in [1.54, 1.807) is 6.92 Å². The van der Waals surface area contributed by atoms with Crippen molar-refractivity contribution in [3.05, 3.63) is 12.2 Å². The lowest BCUT2D eigenvalue weighted by Crippen LogP contribution is -2.18. The molecule has 19 heavy (non-hydrogen) atoms. The van der Waals surface area contributed by atoms with E-state index in [1.165, 1.54) is 38.5 Å². The Morgan fingerprint density at radius 3 is 2.42 bits per heavy atom. The molecule has 0 aromatic heterocycles. The summed E-state index contributed by atoms with van der Waals surface area (Å²) in [5.41, 5.74) is 0. The van der Waals surface area contributed by atoms with Gasteiger partial charge in [0.25, 0.3) is 0 Å². The second-order valence-electron chi connectivity index (χ2n) is 5.05. The molecule has 0 spiro atoms. The monoisotopic (exact) mass is 270 g/mol. The van der Waals surface area contributed by atoms with Crippen molar-refractivity contribution in [2.24, 2.45) is 0 Å². The fourth-order valence-electron chi connectivity index (χ4n) is 1.78. The van der Waals surface area contributed by atoms with E-state index >= 15 is 0 Å². The summed E-state index contributed by atoms with van der Waals surface area (Å²) in [6.07, 6.45) is 13.9. The number of hydrogen-bond acceptors (Lipinski definition) is 3. The van der Waals surface area contributed by atoms with E-state index in [0.29, 0.717) is 6.42 Å². The van der Waals surface area contributed by atoms with Gasteiger partial charge < -0.3 is 9.84 Å². The average molecular weight is 270 g/mol. The van der Waals surface area contributed by atoms with Crippen LogP contribution < -0.4 is 0 Å². The van der Waals surface area contributed by atoms with Gasteiger partial charge in [0.15, 0.2) is 0 Å². The van der Waals surface area contributed by atoms with Crippen LogP contribution in [0.5, 0.6) is 0 Å². The van der Waals surface area contributed by atoms with Crippen molar-refractivity contribution in [3.8, 4) is 0 Å². The highest BCUT2D eigenvalue weighted by molar-refractivity contribution is 5.69. The van der Waals surface area contributed by atoms with Crippen molar-refractivity contribution < 1.29 is 14.6 Å². The highest BCUT2D eigenvalue weighted by atomic mass is 16.5. The van der Waals surface area contributed by atoms with Gasteiger partial charge in [0, 0.05) is 6.42 Å². The number of hydrogen-bond donors (Lipinski definition) is 1. The summed E-state index contributed by atoms with van der Waals surface area (Å²) in [7, 11) is 0. The fourth-order valence-corrected chi connectivity index (χ4v) is 1.78. The van der Waals surface area contributed by atoms with Crippen LogP contribution in [0.25, 0.3) is 0 Å². The van der Waals surface area contributed by atoms with Gasteiger partial charge in [-0.2, -0.15) is 0 Å². The molecule has 0 aliphatic heterocycles. The van der Waals surface area contributed by atoms with E-state index in [1.807, 2.05) is 0 Å². The first-order chi connectivity index (χ1) is 9.20. The Bertz CT molecular complexity index is 236. The highest BCUT2D eigenvalue weighted by Gasteiger charge is 2.07. The van der Waals surface area contributed by atoms with Crippen molar-refractivity contribution in [3.63, 3.8) is 0 Å². The summed E-state index contributed by atoms with van der Waals surface area (Å²) in [6, 6.07) is 0. The van der Waals surface area contributed by atoms with Crippen LogP contribution in [-0.4, -0.2) is 23.8 Å². The van der Waals surface area contributed by atoms with Gasteiger partial charge >= 0.3 is 5.97 Å². The largest absolute Gasteiger partial charge is 0.460 e. The average Bonchev–Trinajstić information content (AvgIpc) is 2.40. The first kappa shape index (κ1) is 18.2. The third-order valence-corrected chi connectivity index (χ3v) is 2.96. The summed E-state index contributed by atoms with van der Waals surface area (Å²) >= 11 is 0. The zero-order valence-electron chi connectivity index (χ0n) is 12.6. The Balaban J connectivity index is 3.24. The van der Waals surface area contributed by atoms with Crippen molar-refractivity contribution in [2.75, 3.05) is 6.61 Å². The summed E-state index contributed by atoms with van der Waals surface area (Å²) in [5.74, 6) is -0.191. The van der Waals surface area contributed by atoms with Gasteiger partial charge in [-0.3, -0.25) is 4.79 Å². The van der Waals surface area contributed by atoms with Crippen LogP contribution in [0.2, 0.25) is 0 Å². The summed E-state index contributed by atoms with van der Waals surface area (Å²) in [5, 5.41) is 8.75. The molecule has 0 rings (SSSR count). The number of aliphatic hydroxyl groups excluding tert-OH is 1. The topological polar surface area (TPSA) is 46.5 Å². The fraction of sp³-hybridized carbons (Fsp3) is 0.812. The Morgan fingerprint density at radius 1 is 1.11 bits per heavy atom. The number of aliphatic hydroxyl groups is 1. The molecular formula is C16H30O3. The third kappa shape index (κ3) is 13.4. The lowest BCUT2D eigenvalue weighted by atomic mass is 10.1. The quantitative estimate of drug-likeness (QED) is 0.331. The Kier molecular flexibility index (Phi) is 13.0. The van der Waals surface area contributed by atoms with Crippen LogP contribution in [0, 0.1) is 0 Å². The lowest BCUT2D eigenvalue weighted by Gasteiger charge is -2.09. The Hall–Kier alpha value is -0.830. The van der Waals surface area contributed by atoms with Crippen molar-refractivity contribution >= 4 is 5.97 Å². The standard InChI is InChI=1S/C16H30O3/c1-3-4-5-6-7-8-9-10-11-12-13-16(18)19-15(2)14-17/h5-6,15,17H,3-4,7-14H2,1-2H3/b6-5-/t15-/m0/s1. The van der Waals surface area contributed by atoms with Gasteiger partial charge in [-0.1, -0.05) is 44.8 Å². The molecule has 1 atom stereocenters. The number of carbonyl (C=O) groups is 1. The maximum atomic E-state index is 11.3. The number of ether oxygens (including phenoxy) is 1. The zero-order chi connectivity index (χ0) is 14.3. The maximum absolute atomic E-state index is 11.3. The van der Waals surface area contributed by atoms with Crippen molar-refractivity contribution in [1.82, 2.24) is 0 Å². The Morgan fingerprint density at radius 2 is 1.74 bits per heavy atom. The van der Waals surface area contributed by atoms with E-state index in [-0.39, 0.29) is 18.7 Å². The van der Waals surface area contributed by atoms with E-state index in [4.69, 9.17) is 9.84 Å². The van der Waals surface area contributed by atoms with Gasteiger partial charge in [0.1, 0.15) is 6.10 Å². The van der Waals surface area contributed by atoms with Crippen LogP contribution in [0.4, 0.5) is 0 Å². The van der Waals surface area contributed by atoms with Crippen molar-refractivity contribution in [1.29, 1.82) is 0 Å². The lowest BCUT2D eigenvalue weighted by molar-refractivity contribution is -0.150. The minimum atomic E-state index is -0.373. The van der Waals surface area contributed by atoms with Gasteiger partial charge in [0.05, 0.1) is 6.61 Å². The second-order valence-corrected chi connectivity index (χ2v) is 5.05. The van der Waals surface area contributed by atoms with Crippen LogP contribution in [0.3, 0.4) is 0 Å². The molecule has 112 valence electrons. The Labute approximate surface area is 118 Å². The molecule has 0 bridgehead atoms. The normalized spacial score (nSPS) is 12.8. The third-order valence-electron chi connectivity index (χ3n) is 2.96. The van der Waals surface area contributed by atoms with Gasteiger partial charge in [-0.25, -0.2) is 0 Å². The number of rotatable bonds is 12. The number of allylic oxidation sites excluding steroid dienone is 2. The van der Waals surface area contributed by atoms with Crippen molar-refractivity contribution in [2.45, 2.75) is 77.7 Å². The van der Waals surface area contributed by atoms with E-state index in [0.717, 1.165) is 12.8 Å². The first-order valence-electron chi connectivity index (χ1n) is 7.66. The molecule has 0 radical (unpaired) electrons. The predicted molar refractivity (Wildman–Crippen MR) is 79.0 cm³/mol. The number of unbranched alkanes of at least 4 members (excludes halogenated alkanes) is 6. The molecule has 1 N–H and O–H groups in total. The summed E-state index contributed by atoms with van der Waals surface area (Å²) < 4.78 is 4.98. The SMILES string of the molecule is CCC/C=C\CCCCCCCC(=O)O[C@@H](C)CO. The minimum absolute atomic E-state index is 0.0999. The molecule has 0 amide bonds. The molecular weight excluding hydrogens is 240 g/mol. The zero-order valence-corrected chi connectivity index (χ0v) is 12.6. The minimum Gasteiger partial charge on any atom is -0.460 e. The molecule has 3 nitrogen and oxygen atoms in total. The van der Waals surface area contributed by atoms with Gasteiger partial charge in [-0.15, -0.1) is 0 Å². The van der Waals surface area contributed by atoms with Crippen LogP contribution in [-0.2, 0) is 9.53 Å². The molecule has 0 unspecified atom stereocenters. The van der Waals surface area contributed by atoms with Crippen LogP contribution >= 0.6 is 0 Å². The molecule has 0 saturated heterocycles. The molecule has 0 aliphatic rings. The first-order valence-corrected chi connectivity index (χ1v) is 7.66. The van der Waals surface area contributed by atoms with Gasteiger partial charge in [-0.05, 0) is 32.6 Å². The smallest absolute Gasteiger partial charge is 0.306 e. The highest BCUT2D eigenvalue weighted by Crippen LogP contribution is 2.09. The van der Waals surface area contributed by atoms with E-state index < -0.39 is 0 Å². The molecule has 0 aromatic rings. The van der Waals surface area contributed by atoms with E-state index in [2.05, 4.69) is 19.1 Å². The molecule has 0 fully saturated rings. The summed E-state index contributed by atoms with van der Waals surface area (Å²) in [4.78, 5) is 11.3. The molecule has 0 heterocycles. The van der Waals surface area contributed by atoms with Crippen LogP contribution in [0.1, 0.15) is 71.6 Å². The maximum Gasteiger partial charge on any atom is 0.306 e.